The van der Waals surface area contributed by atoms with E-state index in [2.05, 4.69) is 58.6 Å². The molecule has 0 radical (unpaired) electrons. The number of carbonyl (C=O) groups is 1. The molecule has 3 aromatic rings. The van der Waals surface area contributed by atoms with Crippen LogP contribution in [0.15, 0.2) is 42.5 Å². The van der Waals surface area contributed by atoms with E-state index in [1.807, 2.05) is 39.1 Å². The zero-order valence-electron chi connectivity index (χ0n) is 24.0. The normalized spacial score (nSPS) is 15.5. The van der Waals surface area contributed by atoms with E-state index < -0.39 is 0 Å². The monoisotopic (exact) mass is 536 g/mol. The fourth-order valence-electron chi connectivity index (χ4n) is 5.17. The van der Waals surface area contributed by atoms with Gasteiger partial charge < -0.3 is 34.7 Å². The number of carbonyl (C=O) groups excluding carboxylic acids is 1. The van der Waals surface area contributed by atoms with Gasteiger partial charge in [-0.15, -0.1) is 0 Å². The number of hydrogen-bond donors (Lipinski definition) is 3. The van der Waals surface area contributed by atoms with E-state index >= 15 is 0 Å². The third kappa shape index (κ3) is 6.50. The number of benzene rings is 2. The predicted molar refractivity (Wildman–Crippen MR) is 159 cm³/mol. The Morgan fingerprint density at radius 1 is 1.05 bits per heavy atom. The molecular weight excluding hydrogens is 492 g/mol. The Morgan fingerprint density at radius 2 is 1.74 bits per heavy atom. The zero-order valence-corrected chi connectivity index (χ0v) is 24.0. The molecule has 5 rings (SSSR count). The standard InChI is InChI=1S/C29H38N4O4.C2H6/c1-4-20(5-2)31-29(34)32-21-11-9-19(10-12-21)28-27(30-3)24-14-13-23(37-18-26-35-15-16-36-26)17-25(24)33(28)22-7-6-8-22;1-2/h9-14,17,20,22,26,30H,4-8,15-16,18H2,1-3H3,(H2,31,32,34);1-2H3. The van der Waals surface area contributed by atoms with E-state index in [-0.39, 0.29) is 18.4 Å². The fraction of sp³-hybridized carbons (Fsp3) is 0.516. The van der Waals surface area contributed by atoms with Crippen molar-refractivity contribution in [3.05, 3.63) is 42.5 Å². The quantitative estimate of drug-likeness (QED) is 0.256. The van der Waals surface area contributed by atoms with Gasteiger partial charge in [-0.05, 0) is 56.4 Å². The summed E-state index contributed by atoms with van der Waals surface area (Å²) in [5, 5.41) is 10.6. The van der Waals surface area contributed by atoms with E-state index in [0.717, 1.165) is 65.0 Å². The summed E-state index contributed by atoms with van der Waals surface area (Å²) < 4.78 is 19.5. The van der Waals surface area contributed by atoms with Gasteiger partial charge in [-0.1, -0.05) is 39.8 Å². The van der Waals surface area contributed by atoms with E-state index in [1.54, 1.807) is 0 Å². The lowest BCUT2D eigenvalue weighted by Gasteiger charge is -2.30. The molecule has 2 amide bonds. The third-order valence-corrected chi connectivity index (χ3v) is 7.48. The summed E-state index contributed by atoms with van der Waals surface area (Å²) in [6.45, 7) is 9.77. The van der Waals surface area contributed by atoms with Crippen LogP contribution in [-0.4, -0.2) is 49.8 Å². The highest BCUT2D eigenvalue weighted by Gasteiger charge is 2.28. The van der Waals surface area contributed by atoms with E-state index in [9.17, 15) is 4.79 Å². The smallest absolute Gasteiger partial charge is 0.319 e. The lowest BCUT2D eigenvalue weighted by Crippen LogP contribution is -2.37. The van der Waals surface area contributed by atoms with Crippen LogP contribution < -0.4 is 20.7 Å². The van der Waals surface area contributed by atoms with Crippen LogP contribution in [0.5, 0.6) is 5.75 Å². The molecule has 1 aromatic heterocycles. The van der Waals surface area contributed by atoms with Crippen LogP contribution in [0.4, 0.5) is 16.2 Å². The van der Waals surface area contributed by atoms with Gasteiger partial charge in [-0.2, -0.15) is 0 Å². The summed E-state index contributed by atoms with van der Waals surface area (Å²) in [7, 11) is 1.97. The van der Waals surface area contributed by atoms with Gasteiger partial charge in [0.25, 0.3) is 0 Å². The van der Waals surface area contributed by atoms with Gasteiger partial charge in [0.05, 0.1) is 30.1 Å². The number of amides is 2. The van der Waals surface area contributed by atoms with Gasteiger partial charge in [0.1, 0.15) is 12.4 Å². The second-order valence-corrected chi connectivity index (χ2v) is 9.78. The van der Waals surface area contributed by atoms with Crippen molar-refractivity contribution in [3.63, 3.8) is 0 Å². The highest BCUT2D eigenvalue weighted by Crippen LogP contribution is 2.46. The summed E-state index contributed by atoms with van der Waals surface area (Å²) in [6, 6.07) is 14.9. The molecule has 1 aliphatic heterocycles. The summed E-state index contributed by atoms with van der Waals surface area (Å²) in [6.07, 6.45) is 5.07. The molecule has 3 N–H and O–H groups in total. The van der Waals surface area contributed by atoms with Crippen LogP contribution in [0.3, 0.4) is 0 Å². The summed E-state index contributed by atoms with van der Waals surface area (Å²) >= 11 is 0. The topological polar surface area (TPSA) is 85.8 Å². The van der Waals surface area contributed by atoms with Crippen molar-refractivity contribution in [1.82, 2.24) is 9.88 Å². The summed E-state index contributed by atoms with van der Waals surface area (Å²) in [5.41, 5.74) is 5.30. The first-order valence-corrected chi connectivity index (χ1v) is 14.5. The number of anilines is 2. The van der Waals surface area contributed by atoms with Crippen molar-refractivity contribution < 1.29 is 19.0 Å². The van der Waals surface area contributed by atoms with Crippen molar-refractivity contribution in [2.75, 3.05) is 37.5 Å². The molecule has 1 aliphatic carbocycles. The van der Waals surface area contributed by atoms with Gasteiger partial charge >= 0.3 is 6.03 Å². The molecule has 0 atom stereocenters. The Labute approximate surface area is 232 Å². The van der Waals surface area contributed by atoms with Gasteiger partial charge in [0.15, 0.2) is 6.29 Å². The molecule has 0 bridgehead atoms. The predicted octanol–water partition coefficient (Wildman–Crippen LogP) is 7.16. The Bertz CT molecular complexity index is 1210. The largest absolute Gasteiger partial charge is 0.488 e. The first-order valence-electron chi connectivity index (χ1n) is 14.5. The first kappa shape index (κ1) is 28.8. The molecule has 8 nitrogen and oxygen atoms in total. The lowest BCUT2D eigenvalue weighted by molar-refractivity contribution is -0.0683. The Kier molecular flexibility index (Phi) is 10.1. The lowest BCUT2D eigenvalue weighted by atomic mass is 9.92. The molecular formula is C31H44N4O4. The van der Waals surface area contributed by atoms with E-state index in [4.69, 9.17) is 14.2 Å². The van der Waals surface area contributed by atoms with Crippen molar-refractivity contribution in [3.8, 4) is 17.0 Å². The number of aromatic nitrogens is 1. The van der Waals surface area contributed by atoms with Crippen LogP contribution in [-0.2, 0) is 9.47 Å². The number of rotatable bonds is 10. The minimum atomic E-state index is -0.304. The minimum Gasteiger partial charge on any atom is -0.488 e. The molecule has 1 saturated carbocycles. The molecule has 8 heteroatoms. The van der Waals surface area contributed by atoms with Gasteiger partial charge in [-0.3, -0.25) is 0 Å². The number of urea groups is 1. The SMILES string of the molecule is CC.CCC(CC)NC(=O)Nc1ccc(-c2c(NC)c3ccc(OCC4OCCO4)cc3n2C2CCC2)cc1. The Hall–Kier alpha value is -3.23. The molecule has 2 fully saturated rings. The van der Waals surface area contributed by atoms with Crippen molar-refractivity contribution in [2.24, 2.45) is 0 Å². The maximum Gasteiger partial charge on any atom is 0.319 e. The number of fused-ring (bicyclic) bond motifs is 1. The van der Waals surface area contributed by atoms with Gasteiger partial charge in [-0.25, -0.2) is 4.79 Å². The Morgan fingerprint density at radius 3 is 2.33 bits per heavy atom. The molecule has 2 aromatic carbocycles. The maximum absolute atomic E-state index is 12.4. The second-order valence-electron chi connectivity index (χ2n) is 9.78. The maximum atomic E-state index is 12.4. The molecule has 2 heterocycles. The molecule has 0 spiro atoms. The van der Waals surface area contributed by atoms with Crippen molar-refractivity contribution in [1.29, 1.82) is 0 Å². The molecule has 212 valence electrons. The average Bonchev–Trinajstić information content (AvgIpc) is 3.57. The average molecular weight is 537 g/mol. The second kappa shape index (κ2) is 13.7. The molecule has 0 unspecified atom stereocenters. The molecule has 2 aliphatic rings. The summed E-state index contributed by atoms with van der Waals surface area (Å²) in [4.78, 5) is 12.4. The molecule has 39 heavy (non-hydrogen) atoms. The van der Waals surface area contributed by atoms with Crippen molar-refractivity contribution >= 4 is 28.3 Å². The number of nitrogens with one attached hydrogen (secondary N) is 3. The van der Waals surface area contributed by atoms with Gasteiger partial charge in [0, 0.05) is 41.8 Å². The Balaban J connectivity index is 0.00000172. The summed E-state index contributed by atoms with van der Waals surface area (Å²) in [5.74, 6) is 0.807. The van der Waals surface area contributed by atoms with Crippen LogP contribution >= 0.6 is 0 Å². The first-order chi connectivity index (χ1) is 19.1. The minimum absolute atomic E-state index is 0.165. The highest BCUT2D eigenvalue weighted by molar-refractivity contribution is 6.03. The van der Waals surface area contributed by atoms with Crippen LogP contribution in [0, 0.1) is 0 Å². The number of hydrogen-bond acceptors (Lipinski definition) is 5. The van der Waals surface area contributed by atoms with E-state index in [0.29, 0.717) is 25.9 Å². The zero-order chi connectivity index (χ0) is 27.8. The third-order valence-electron chi connectivity index (χ3n) is 7.48. The van der Waals surface area contributed by atoms with Crippen LogP contribution in [0.25, 0.3) is 22.2 Å². The number of ether oxygens (including phenoxy) is 3. The van der Waals surface area contributed by atoms with Crippen molar-refractivity contribution in [2.45, 2.75) is 78.2 Å². The van der Waals surface area contributed by atoms with Crippen LogP contribution in [0.2, 0.25) is 0 Å². The fourth-order valence-corrected chi connectivity index (χ4v) is 5.17. The van der Waals surface area contributed by atoms with E-state index in [1.165, 1.54) is 6.42 Å². The highest BCUT2D eigenvalue weighted by atomic mass is 16.7. The number of nitrogens with zero attached hydrogens (tertiary/aromatic N) is 1. The van der Waals surface area contributed by atoms with Gasteiger partial charge in [0.2, 0.25) is 0 Å². The molecule has 1 saturated heterocycles. The van der Waals surface area contributed by atoms with Crippen LogP contribution in [0.1, 0.15) is 65.8 Å².